The predicted molar refractivity (Wildman–Crippen MR) is 92.1 cm³/mol. The second kappa shape index (κ2) is 8.30. The molecule has 0 fully saturated rings. The van der Waals surface area contributed by atoms with Crippen LogP contribution in [0.2, 0.25) is 0 Å². The summed E-state index contributed by atoms with van der Waals surface area (Å²) in [7, 11) is 1.08. The molecule has 2 amide bonds. The van der Waals surface area contributed by atoms with Crippen LogP contribution < -0.4 is 10.6 Å². The largest absolute Gasteiger partial charge is 0.466 e. The van der Waals surface area contributed by atoms with E-state index in [9.17, 15) is 27.6 Å². The van der Waals surface area contributed by atoms with Gasteiger partial charge in [-0.2, -0.15) is 13.2 Å². The zero-order chi connectivity index (χ0) is 21.1. The van der Waals surface area contributed by atoms with Gasteiger partial charge in [0.15, 0.2) is 0 Å². The van der Waals surface area contributed by atoms with Crippen molar-refractivity contribution in [1.29, 1.82) is 0 Å². The second-order valence-corrected chi connectivity index (χ2v) is 5.86. The van der Waals surface area contributed by atoms with Crippen molar-refractivity contribution >= 4 is 29.2 Å². The number of aliphatic hydroxyl groups is 1. The van der Waals surface area contributed by atoms with E-state index < -0.39 is 35.2 Å². The summed E-state index contributed by atoms with van der Waals surface area (Å²) in [6.45, 7) is 0.463. The van der Waals surface area contributed by atoms with Crippen molar-refractivity contribution in [2.45, 2.75) is 13.1 Å². The highest BCUT2D eigenvalue weighted by molar-refractivity contribution is 6.08. The number of aliphatic hydroxyl groups excluding tert-OH is 1. The first-order valence-electron chi connectivity index (χ1n) is 8.06. The Balaban J connectivity index is 2.47. The van der Waals surface area contributed by atoms with Crippen molar-refractivity contribution in [3.63, 3.8) is 0 Å². The molecule has 0 saturated heterocycles. The van der Waals surface area contributed by atoms with Crippen LogP contribution >= 0.6 is 0 Å². The number of benzene rings is 1. The van der Waals surface area contributed by atoms with Crippen LogP contribution in [0, 0.1) is 0 Å². The molecule has 28 heavy (non-hydrogen) atoms. The summed E-state index contributed by atoms with van der Waals surface area (Å²) < 4.78 is 45.0. The highest BCUT2D eigenvalue weighted by Gasteiger charge is 2.38. The number of amides is 2. The lowest BCUT2D eigenvalue weighted by Gasteiger charge is -2.18. The number of esters is 1. The maximum atomic E-state index is 13.5. The van der Waals surface area contributed by atoms with E-state index in [4.69, 9.17) is 5.11 Å². The third-order valence-electron chi connectivity index (χ3n) is 3.86. The van der Waals surface area contributed by atoms with E-state index >= 15 is 0 Å². The number of nitrogens with one attached hydrogen (secondary N) is 2. The Kier molecular flexibility index (Phi) is 6.29. The van der Waals surface area contributed by atoms with Crippen LogP contribution in [0.5, 0.6) is 0 Å². The molecule has 8 nitrogen and oxygen atoms in total. The van der Waals surface area contributed by atoms with Gasteiger partial charge < -0.3 is 25.4 Å². The summed E-state index contributed by atoms with van der Waals surface area (Å²) >= 11 is 0. The van der Waals surface area contributed by atoms with E-state index in [0.29, 0.717) is 6.07 Å². The lowest BCUT2D eigenvalue weighted by Crippen LogP contribution is -2.31. The number of alkyl halides is 3. The van der Waals surface area contributed by atoms with Crippen LogP contribution in [0.3, 0.4) is 0 Å². The van der Waals surface area contributed by atoms with Gasteiger partial charge in [-0.25, -0.2) is 4.79 Å². The Hall–Kier alpha value is -3.08. The monoisotopic (exact) mass is 401 g/mol. The highest BCUT2D eigenvalue weighted by atomic mass is 19.4. The molecule has 0 bridgehead atoms. The van der Waals surface area contributed by atoms with Crippen molar-refractivity contribution in [2.24, 2.45) is 0 Å². The van der Waals surface area contributed by atoms with Gasteiger partial charge in [-0.05, 0) is 18.2 Å². The third-order valence-corrected chi connectivity index (χ3v) is 3.86. The first-order chi connectivity index (χ1) is 13.1. The minimum atomic E-state index is -4.80. The molecular weight excluding hydrogens is 383 g/mol. The van der Waals surface area contributed by atoms with E-state index in [1.165, 1.54) is 6.07 Å². The van der Waals surface area contributed by atoms with E-state index in [-0.39, 0.29) is 36.7 Å². The van der Waals surface area contributed by atoms with E-state index in [2.05, 4.69) is 15.4 Å². The third kappa shape index (κ3) is 4.60. The van der Waals surface area contributed by atoms with Crippen LogP contribution in [0.4, 0.5) is 24.5 Å². The molecule has 1 aliphatic rings. The van der Waals surface area contributed by atoms with E-state index in [1.807, 2.05) is 0 Å². The van der Waals surface area contributed by atoms with E-state index in [1.54, 1.807) is 0 Å². The van der Waals surface area contributed by atoms with Crippen molar-refractivity contribution in [1.82, 2.24) is 4.90 Å². The maximum absolute atomic E-state index is 13.5. The number of ether oxygens (including phenoxy) is 1. The average molecular weight is 401 g/mol. The maximum Gasteiger partial charge on any atom is 0.418 e. The summed E-state index contributed by atoms with van der Waals surface area (Å²) in [5, 5.41) is 13.6. The Morgan fingerprint density at radius 1 is 1.32 bits per heavy atom. The molecule has 11 heteroatoms. The summed E-state index contributed by atoms with van der Waals surface area (Å²) in [5.41, 5.74) is -2.20. The zero-order valence-electron chi connectivity index (χ0n) is 15.0. The molecule has 3 N–H and O–H groups in total. The summed E-state index contributed by atoms with van der Waals surface area (Å²) in [5.74, 6) is -2.16. The quantitative estimate of drug-likeness (QED) is 0.621. The molecule has 1 aliphatic heterocycles. The number of anilines is 2. The number of halogens is 3. The molecule has 0 spiro atoms. The molecule has 1 aromatic carbocycles. The van der Waals surface area contributed by atoms with Gasteiger partial charge in [0.2, 0.25) is 5.91 Å². The fourth-order valence-electron chi connectivity index (χ4n) is 2.65. The topological polar surface area (TPSA) is 108 Å². The van der Waals surface area contributed by atoms with Crippen LogP contribution in [0.15, 0.2) is 29.5 Å². The van der Waals surface area contributed by atoms with Gasteiger partial charge in [0.25, 0.3) is 5.91 Å². The van der Waals surface area contributed by atoms with E-state index in [0.717, 1.165) is 25.0 Å². The molecule has 0 radical (unpaired) electrons. The molecule has 2 rings (SSSR count). The Morgan fingerprint density at radius 3 is 2.54 bits per heavy atom. The number of carbonyl (C=O) groups excluding carboxylic acids is 3. The van der Waals surface area contributed by atoms with Gasteiger partial charge in [0.05, 0.1) is 37.1 Å². The Bertz CT molecular complexity index is 836. The van der Waals surface area contributed by atoms with Crippen LogP contribution in [0.25, 0.3) is 0 Å². The van der Waals surface area contributed by atoms with Crippen molar-refractivity contribution in [3.05, 3.63) is 35.0 Å². The fraction of sp³-hybridized carbons (Fsp3) is 0.353. The smallest absolute Gasteiger partial charge is 0.418 e. The average Bonchev–Trinajstić information content (AvgIpc) is 2.91. The summed E-state index contributed by atoms with van der Waals surface area (Å²) in [4.78, 5) is 36.6. The van der Waals surface area contributed by atoms with Crippen molar-refractivity contribution in [3.8, 4) is 0 Å². The summed E-state index contributed by atoms with van der Waals surface area (Å²) in [6, 6.07) is 2.98. The molecule has 0 saturated carbocycles. The minimum absolute atomic E-state index is 0.0767. The fourth-order valence-corrected chi connectivity index (χ4v) is 2.65. The molecule has 1 aromatic rings. The number of hydrogen-bond donors (Lipinski definition) is 3. The predicted octanol–water partition coefficient (Wildman–Crippen LogP) is 1.34. The number of β-amino-alcohol motifs (C(OH)–C–C–N with tert-alkyl or cyclic N) is 1. The Morgan fingerprint density at radius 2 is 2.00 bits per heavy atom. The number of carbonyl (C=O) groups is 3. The molecule has 1 heterocycles. The number of rotatable bonds is 6. The SMILES string of the molecule is COC(=O)C1=C(Nc2ccc(NC(C)=O)cc2C(F)(F)F)C(=O)N(CCO)C1. The number of hydrogen-bond acceptors (Lipinski definition) is 6. The standard InChI is InChI=1S/C17H18F3N3O5/c1-9(25)21-10-3-4-13(12(7-10)17(18,19)20)22-14-11(16(27)28-2)8-23(5-6-24)15(14)26/h3-4,7,22,24H,5-6,8H2,1-2H3,(H,21,25). The first-order valence-corrected chi connectivity index (χ1v) is 8.06. The minimum Gasteiger partial charge on any atom is -0.466 e. The lowest BCUT2D eigenvalue weighted by atomic mass is 10.1. The summed E-state index contributed by atoms with van der Waals surface area (Å²) in [6.07, 6.45) is -4.80. The highest BCUT2D eigenvalue weighted by Crippen LogP contribution is 2.38. The van der Waals surface area contributed by atoms with Gasteiger partial charge in [-0.15, -0.1) is 0 Å². The van der Waals surface area contributed by atoms with Crippen molar-refractivity contribution in [2.75, 3.05) is 37.4 Å². The lowest BCUT2D eigenvalue weighted by molar-refractivity contribution is -0.137. The molecular formula is C17H18F3N3O5. The van der Waals surface area contributed by atoms with Gasteiger partial charge in [-0.3, -0.25) is 9.59 Å². The molecule has 0 unspecified atom stereocenters. The Labute approximate surface area is 157 Å². The molecule has 0 aliphatic carbocycles. The van der Waals surface area contributed by atoms with Crippen LogP contribution in [-0.2, 0) is 25.3 Å². The second-order valence-electron chi connectivity index (χ2n) is 5.86. The van der Waals surface area contributed by atoms with Crippen molar-refractivity contribution < 1.29 is 37.4 Å². The molecule has 152 valence electrons. The normalized spacial score (nSPS) is 14.4. The van der Waals surface area contributed by atoms with Crippen LogP contribution in [-0.4, -0.2) is 54.6 Å². The van der Waals surface area contributed by atoms with Gasteiger partial charge in [-0.1, -0.05) is 0 Å². The first kappa shape index (κ1) is 21.2. The van der Waals surface area contributed by atoms with Crippen LogP contribution in [0.1, 0.15) is 12.5 Å². The zero-order valence-corrected chi connectivity index (χ0v) is 15.0. The van der Waals surface area contributed by atoms with Gasteiger partial charge in [0, 0.05) is 19.2 Å². The number of nitrogens with zero attached hydrogens (tertiary/aromatic N) is 1. The number of methoxy groups -OCH3 is 1. The van der Waals surface area contributed by atoms with Gasteiger partial charge in [0.1, 0.15) is 5.70 Å². The van der Waals surface area contributed by atoms with Gasteiger partial charge >= 0.3 is 12.1 Å². The molecule has 0 atom stereocenters. The molecule has 0 aromatic heterocycles.